The zero-order valence-electron chi connectivity index (χ0n) is 31.1. The van der Waals surface area contributed by atoms with Crippen molar-refractivity contribution in [1.82, 2.24) is 9.88 Å². The molecule has 2 heterocycles. The van der Waals surface area contributed by atoms with Crippen LogP contribution in [0.15, 0.2) is 30.3 Å². The van der Waals surface area contributed by atoms with Crippen molar-refractivity contribution in [2.24, 2.45) is 34.0 Å². The molecular formula is C43H58ClN3O2. The van der Waals surface area contributed by atoms with Crippen LogP contribution in [0, 0.1) is 57.2 Å². The first-order chi connectivity index (χ1) is 23.3. The van der Waals surface area contributed by atoms with Crippen molar-refractivity contribution in [3.8, 4) is 23.7 Å². The van der Waals surface area contributed by atoms with Crippen molar-refractivity contribution in [3.05, 3.63) is 57.9 Å². The molecule has 2 saturated carbocycles. The first-order valence-corrected chi connectivity index (χ1v) is 19.3. The van der Waals surface area contributed by atoms with Crippen LogP contribution in [-0.4, -0.2) is 41.4 Å². The summed E-state index contributed by atoms with van der Waals surface area (Å²) >= 11 is 6.27. The molecule has 3 fully saturated rings. The maximum Gasteiger partial charge on any atom is 0.151 e. The van der Waals surface area contributed by atoms with Crippen LogP contribution in [0.2, 0.25) is 5.02 Å². The molecule has 0 unspecified atom stereocenters. The molecule has 264 valence electrons. The first-order valence-electron chi connectivity index (χ1n) is 18.9. The summed E-state index contributed by atoms with van der Waals surface area (Å²) in [5, 5.41) is 9.63. The Kier molecular flexibility index (Phi) is 11.9. The first kappa shape index (κ1) is 37.4. The molecule has 1 aromatic heterocycles. The molecule has 0 radical (unpaired) electrons. The van der Waals surface area contributed by atoms with E-state index in [0.29, 0.717) is 39.1 Å². The Morgan fingerprint density at radius 2 is 1.78 bits per heavy atom. The molecule has 0 N–H and O–H groups in total. The summed E-state index contributed by atoms with van der Waals surface area (Å²) in [6.07, 6.45) is 13.7. The van der Waals surface area contributed by atoms with E-state index in [9.17, 15) is 10.1 Å². The number of aromatic nitrogens is 1. The lowest BCUT2D eigenvalue weighted by atomic mass is 9.44. The minimum atomic E-state index is -0.00642. The van der Waals surface area contributed by atoms with Crippen LogP contribution in [-0.2, 0) is 6.42 Å². The number of hydrogen-bond acceptors (Lipinski definition) is 5. The highest BCUT2D eigenvalue weighted by atomic mass is 35.5. The number of likely N-dealkylation sites (tertiary alicyclic amines) is 1. The molecule has 5 rings (SSSR count). The fourth-order valence-electron chi connectivity index (χ4n) is 9.55. The molecule has 6 heteroatoms. The Bertz CT molecular complexity index is 1550. The van der Waals surface area contributed by atoms with Crippen LogP contribution in [0.5, 0.6) is 5.75 Å². The summed E-state index contributed by atoms with van der Waals surface area (Å²) in [5.41, 5.74) is 3.33. The Morgan fingerprint density at radius 3 is 2.39 bits per heavy atom. The molecule has 2 aliphatic carbocycles. The van der Waals surface area contributed by atoms with Gasteiger partial charge in [0.05, 0.1) is 16.3 Å². The Hall–Kier alpha value is -2.86. The number of hydrogen-bond donors (Lipinski definition) is 0. The van der Waals surface area contributed by atoms with Gasteiger partial charge < -0.3 is 4.74 Å². The average molecular weight is 684 g/mol. The molecule has 0 atom stereocenters. The van der Waals surface area contributed by atoms with Gasteiger partial charge >= 0.3 is 0 Å². The number of benzene rings is 1. The molecule has 3 aliphatic rings. The van der Waals surface area contributed by atoms with Crippen LogP contribution in [0.1, 0.15) is 140 Å². The number of unbranched alkanes of at least 4 members (excludes halogenated alkanes) is 1. The van der Waals surface area contributed by atoms with Crippen molar-refractivity contribution < 1.29 is 9.53 Å². The zero-order valence-corrected chi connectivity index (χ0v) is 31.8. The highest BCUT2D eigenvalue weighted by molar-refractivity contribution is 6.31. The number of nitriles is 1. The maximum absolute atomic E-state index is 11.9. The van der Waals surface area contributed by atoms with Crippen molar-refractivity contribution in [1.29, 1.82) is 5.26 Å². The molecule has 5 nitrogen and oxygen atoms in total. The number of rotatable bonds is 13. The third kappa shape index (κ3) is 8.38. The monoisotopic (exact) mass is 683 g/mol. The summed E-state index contributed by atoms with van der Waals surface area (Å²) in [4.78, 5) is 19.5. The lowest BCUT2D eigenvalue weighted by Crippen LogP contribution is -2.65. The van der Waals surface area contributed by atoms with Crippen molar-refractivity contribution in [2.75, 3.05) is 13.1 Å². The number of halogens is 1. The van der Waals surface area contributed by atoms with E-state index in [4.69, 9.17) is 21.3 Å². The predicted octanol–water partition coefficient (Wildman–Crippen LogP) is 10.3. The van der Waals surface area contributed by atoms with E-state index in [1.54, 1.807) is 12.1 Å². The number of aryl methyl sites for hydroxylation is 1. The lowest BCUT2D eigenvalue weighted by Gasteiger charge is -2.63. The van der Waals surface area contributed by atoms with Gasteiger partial charge in [0.1, 0.15) is 23.6 Å². The molecule has 0 spiro atoms. The van der Waals surface area contributed by atoms with Crippen molar-refractivity contribution in [3.63, 3.8) is 0 Å². The van der Waals surface area contributed by atoms with Crippen LogP contribution < -0.4 is 4.74 Å². The van der Waals surface area contributed by atoms with E-state index in [-0.39, 0.29) is 16.9 Å². The van der Waals surface area contributed by atoms with Gasteiger partial charge in [0.25, 0.3) is 0 Å². The van der Waals surface area contributed by atoms with Gasteiger partial charge in [-0.05, 0) is 105 Å². The van der Waals surface area contributed by atoms with Gasteiger partial charge in [-0.3, -0.25) is 9.69 Å². The van der Waals surface area contributed by atoms with E-state index < -0.39 is 0 Å². The summed E-state index contributed by atoms with van der Waals surface area (Å²) in [6.45, 7) is 18.8. The number of ether oxygens (including phenoxy) is 1. The normalized spacial score (nSPS) is 25.3. The molecule has 49 heavy (non-hydrogen) atoms. The van der Waals surface area contributed by atoms with E-state index in [1.165, 1.54) is 58.0 Å². The van der Waals surface area contributed by atoms with Gasteiger partial charge in [0, 0.05) is 47.5 Å². The molecule has 0 amide bonds. The SMILES string of the molecule is CCC1(CCC(C)C)CN(C2CCC(C#Cc3ccc(C=O)c(CCCCC4C(C)(C)C(Oc5ccc(C#N)c(Cl)c5)C4(C)C)n3)CC2)C1. The minimum absolute atomic E-state index is 0.00642. The minimum Gasteiger partial charge on any atom is -0.489 e. The third-order valence-corrected chi connectivity index (χ3v) is 12.8. The van der Waals surface area contributed by atoms with Gasteiger partial charge in [-0.15, -0.1) is 0 Å². The summed E-state index contributed by atoms with van der Waals surface area (Å²) in [6, 6.07) is 12.0. The highest BCUT2D eigenvalue weighted by Gasteiger charge is 2.62. The van der Waals surface area contributed by atoms with Crippen LogP contribution in [0.25, 0.3) is 0 Å². The molecule has 0 bridgehead atoms. The third-order valence-electron chi connectivity index (χ3n) is 12.5. The molecular weight excluding hydrogens is 626 g/mol. The second kappa shape index (κ2) is 15.6. The fourth-order valence-corrected chi connectivity index (χ4v) is 9.76. The van der Waals surface area contributed by atoms with Gasteiger partial charge in [-0.2, -0.15) is 5.26 Å². The average Bonchev–Trinajstić information content (AvgIpc) is 3.06. The van der Waals surface area contributed by atoms with Crippen LogP contribution in [0.4, 0.5) is 0 Å². The number of carbonyl (C=O) groups is 1. The summed E-state index contributed by atoms with van der Waals surface area (Å²) < 4.78 is 6.47. The van der Waals surface area contributed by atoms with E-state index in [1.807, 2.05) is 18.2 Å². The maximum atomic E-state index is 11.9. The molecule has 2 aromatic rings. The Morgan fingerprint density at radius 1 is 1.06 bits per heavy atom. The summed E-state index contributed by atoms with van der Waals surface area (Å²) in [5.74, 6) is 9.36. The largest absolute Gasteiger partial charge is 0.489 e. The molecule has 1 saturated heterocycles. The van der Waals surface area contributed by atoms with Gasteiger partial charge in [-0.25, -0.2) is 4.98 Å². The second-order valence-electron chi connectivity index (χ2n) is 17.0. The standard InChI is InChI=1S/C43H58ClN3O2/c1-8-43(24-23-30(2)3)28-47(29-43)35-20-14-31(15-21-35)13-18-34-19-16-33(27-48)38(46-34)11-9-10-12-39-41(4,5)40(42(39,6)7)49-36-22-17-32(26-45)37(44)25-36/h16-17,19,22,25,27,30-31,35,39-40H,8-12,14-15,20-21,23-24,28-29H2,1-7H3. The van der Waals surface area contributed by atoms with Crippen molar-refractivity contribution >= 4 is 17.9 Å². The highest BCUT2D eigenvalue weighted by Crippen LogP contribution is 2.62. The van der Waals surface area contributed by atoms with E-state index >= 15 is 0 Å². The second-order valence-corrected chi connectivity index (χ2v) is 17.4. The van der Waals surface area contributed by atoms with Gasteiger partial charge in [0.2, 0.25) is 0 Å². The number of nitrogens with zero attached hydrogens (tertiary/aromatic N) is 3. The topological polar surface area (TPSA) is 66.2 Å². The van der Waals surface area contributed by atoms with Gasteiger partial charge in [0.15, 0.2) is 6.29 Å². The predicted molar refractivity (Wildman–Crippen MR) is 200 cm³/mol. The fraction of sp³-hybridized carbons (Fsp3) is 0.651. The summed E-state index contributed by atoms with van der Waals surface area (Å²) in [7, 11) is 0. The Labute approximate surface area is 301 Å². The Balaban J connectivity index is 1.09. The van der Waals surface area contributed by atoms with E-state index in [2.05, 4.69) is 71.3 Å². The van der Waals surface area contributed by atoms with Gasteiger partial charge in [-0.1, -0.05) is 78.8 Å². The van der Waals surface area contributed by atoms with Crippen LogP contribution >= 0.6 is 11.6 Å². The molecule has 1 aliphatic heterocycles. The number of carbonyl (C=O) groups excluding carboxylic acids is 1. The number of pyridine rings is 1. The quantitative estimate of drug-likeness (QED) is 0.119. The van der Waals surface area contributed by atoms with E-state index in [0.717, 1.165) is 55.3 Å². The number of aldehydes is 1. The van der Waals surface area contributed by atoms with Crippen molar-refractivity contribution in [2.45, 2.75) is 131 Å². The smallest absolute Gasteiger partial charge is 0.151 e. The molecule has 1 aromatic carbocycles. The zero-order chi connectivity index (χ0) is 35.4. The van der Waals surface area contributed by atoms with Crippen LogP contribution in [0.3, 0.4) is 0 Å². The lowest BCUT2D eigenvalue weighted by molar-refractivity contribution is -0.201.